The first-order chi connectivity index (χ1) is 9.56. The molecule has 21 heavy (non-hydrogen) atoms. The van der Waals surface area contributed by atoms with Gasteiger partial charge in [0.1, 0.15) is 12.3 Å². The Morgan fingerprint density at radius 3 is 2.48 bits per heavy atom. The van der Waals surface area contributed by atoms with Crippen LogP contribution in [0.25, 0.3) is 0 Å². The third-order valence-electron chi connectivity index (χ3n) is 2.34. The van der Waals surface area contributed by atoms with Gasteiger partial charge in [0.25, 0.3) is 0 Å². The summed E-state index contributed by atoms with van der Waals surface area (Å²) in [6.07, 6.45) is -4.95. The molecular formula is C11H12F3NO5S. The summed E-state index contributed by atoms with van der Waals surface area (Å²) in [6.45, 7) is 0.485. The number of carbonyl (C=O) groups is 1. The van der Waals surface area contributed by atoms with Crippen molar-refractivity contribution in [2.75, 3.05) is 13.1 Å². The Balaban J connectivity index is 3.13. The van der Waals surface area contributed by atoms with Crippen molar-refractivity contribution in [3.63, 3.8) is 0 Å². The van der Waals surface area contributed by atoms with Crippen LogP contribution >= 0.6 is 0 Å². The molecule has 1 N–H and O–H groups in total. The molecule has 10 heteroatoms. The molecule has 0 heterocycles. The molecule has 0 fully saturated rings. The average Bonchev–Trinajstić information content (AvgIpc) is 2.33. The van der Waals surface area contributed by atoms with Crippen LogP contribution in [0.2, 0.25) is 0 Å². The van der Waals surface area contributed by atoms with E-state index < -0.39 is 39.5 Å². The second-order valence-corrected chi connectivity index (χ2v) is 5.79. The molecule has 6 nitrogen and oxygen atoms in total. The van der Waals surface area contributed by atoms with Crippen molar-refractivity contribution in [2.24, 2.45) is 0 Å². The van der Waals surface area contributed by atoms with Gasteiger partial charge in [-0.1, -0.05) is 13.0 Å². The van der Waals surface area contributed by atoms with Gasteiger partial charge in [-0.2, -0.15) is 4.31 Å². The third kappa shape index (κ3) is 4.90. The minimum Gasteiger partial charge on any atom is -0.480 e. The van der Waals surface area contributed by atoms with E-state index in [0.29, 0.717) is 10.4 Å². The summed E-state index contributed by atoms with van der Waals surface area (Å²) in [5, 5.41) is 8.65. The SMILES string of the molecule is CCN(CC(=O)O)S(=O)(=O)c1cccc(OC(F)(F)F)c1. The van der Waals surface area contributed by atoms with Gasteiger partial charge in [0.15, 0.2) is 0 Å². The molecule has 1 aromatic rings. The second kappa shape index (κ2) is 6.31. The molecule has 0 amide bonds. The smallest absolute Gasteiger partial charge is 0.480 e. The highest BCUT2D eigenvalue weighted by Gasteiger charge is 2.32. The Labute approximate surface area is 118 Å². The van der Waals surface area contributed by atoms with Crippen LogP contribution in [0.1, 0.15) is 6.92 Å². The molecule has 0 saturated heterocycles. The van der Waals surface area contributed by atoms with E-state index in [1.807, 2.05) is 0 Å². The van der Waals surface area contributed by atoms with Gasteiger partial charge in [-0.3, -0.25) is 4.79 Å². The highest BCUT2D eigenvalue weighted by Crippen LogP contribution is 2.26. The van der Waals surface area contributed by atoms with Gasteiger partial charge in [-0.05, 0) is 12.1 Å². The van der Waals surface area contributed by atoms with E-state index in [1.54, 1.807) is 0 Å². The largest absolute Gasteiger partial charge is 0.573 e. The highest BCUT2D eigenvalue weighted by molar-refractivity contribution is 7.89. The molecule has 1 rings (SSSR count). The third-order valence-corrected chi connectivity index (χ3v) is 4.26. The minimum atomic E-state index is -4.95. The van der Waals surface area contributed by atoms with Gasteiger partial charge in [0.05, 0.1) is 4.90 Å². The van der Waals surface area contributed by atoms with E-state index in [2.05, 4.69) is 4.74 Å². The lowest BCUT2D eigenvalue weighted by atomic mass is 10.3. The summed E-state index contributed by atoms with van der Waals surface area (Å²) in [6, 6.07) is 3.76. The summed E-state index contributed by atoms with van der Waals surface area (Å²) in [5.74, 6) is -2.07. The monoisotopic (exact) mass is 327 g/mol. The lowest BCUT2D eigenvalue weighted by Gasteiger charge is -2.19. The number of carboxylic acids is 1. The van der Waals surface area contributed by atoms with E-state index in [1.165, 1.54) is 6.92 Å². The van der Waals surface area contributed by atoms with Crippen molar-refractivity contribution in [3.8, 4) is 5.75 Å². The Hall–Kier alpha value is -1.81. The van der Waals surface area contributed by atoms with Crippen molar-refractivity contribution in [3.05, 3.63) is 24.3 Å². The quantitative estimate of drug-likeness (QED) is 0.859. The highest BCUT2D eigenvalue weighted by atomic mass is 32.2. The lowest BCUT2D eigenvalue weighted by molar-refractivity contribution is -0.274. The normalized spacial score (nSPS) is 12.4. The number of sulfonamides is 1. The second-order valence-electron chi connectivity index (χ2n) is 3.85. The first kappa shape index (κ1) is 17.2. The fourth-order valence-electron chi connectivity index (χ4n) is 1.50. The molecule has 118 valence electrons. The zero-order valence-corrected chi connectivity index (χ0v) is 11.6. The predicted octanol–water partition coefficient (Wildman–Crippen LogP) is 1.68. The Morgan fingerprint density at radius 2 is 2.00 bits per heavy atom. The topological polar surface area (TPSA) is 83.9 Å². The van der Waals surface area contributed by atoms with Crippen LogP contribution in [0, 0.1) is 0 Å². The molecule has 0 unspecified atom stereocenters. The van der Waals surface area contributed by atoms with E-state index in [4.69, 9.17) is 5.11 Å². The summed E-state index contributed by atoms with van der Waals surface area (Å²) in [4.78, 5) is 10.1. The Kier molecular flexibility index (Phi) is 5.18. The minimum absolute atomic E-state index is 0.140. The number of aliphatic carboxylic acids is 1. The van der Waals surface area contributed by atoms with Crippen LogP contribution in [-0.2, 0) is 14.8 Å². The maximum atomic E-state index is 12.1. The molecule has 0 aliphatic rings. The number of nitrogens with zero attached hydrogens (tertiary/aromatic N) is 1. The van der Waals surface area contributed by atoms with E-state index in [-0.39, 0.29) is 6.54 Å². The van der Waals surface area contributed by atoms with Gasteiger partial charge >= 0.3 is 12.3 Å². The summed E-state index contributed by atoms with van der Waals surface area (Å²) in [7, 11) is -4.22. The molecule has 0 aliphatic heterocycles. The molecule has 0 atom stereocenters. The summed E-state index contributed by atoms with van der Waals surface area (Å²) < 4.78 is 64.9. The number of alkyl halides is 3. The number of hydrogen-bond donors (Lipinski definition) is 1. The number of rotatable bonds is 6. The lowest BCUT2D eigenvalue weighted by Crippen LogP contribution is -2.35. The van der Waals surface area contributed by atoms with Crippen LogP contribution in [0.5, 0.6) is 5.75 Å². The summed E-state index contributed by atoms with van der Waals surface area (Å²) >= 11 is 0. The molecule has 0 saturated carbocycles. The van der Waals surface area contributed by atoms with Gasteiger partial charge in [-0.15, -0.1) is 13.2 Å². The molecular weight excluding hydrogens is 315 g/mol. The van der Waals surface area contributed by atoms with Gasteiger partial charge in [-0.25, -0.2) is 8.42 Å². The van der Waals surface area contributed by atoms with Gasteiger partial charge in [0.2, 0.25) is 10.0 Å². The number of benzene rings is 1. The molecule has 0 aromatic heterocycles. The van der Waals surface area contributed by atoms with Crippen molar-refractivity contribution < 1.29 is 36.2 Å². The molecule has 0 radical (unpaired) electrons. The maximum Gasteiger partial charge on any atom is 0.573 e. The van der Waals surface area contributed by atoms with Crippen molar-refractivity contribution in [1.82, 2.24) is 4.31 Å². The van der Waals surface area contributed by atoms with Crippen LogP contribution in [0.15, 0.2) is 29.2 Å². The number of likely N-dealkylation sites (N-methyl/N-ethyl adjacent to an activating group) is 1. The van der Waals surface area contributed by atoms with Gasteiger partial charge < -0.3 is 9.84 Å². The van der Waals surface area contributed by atoms with E-state index in [9.17, 15) is 26.4 Å². The molecule has 1 aromatic carbocycles. The molecule has 0 aliphatic carbocycles. The van der Waals surface area contributed by atoms with Crippen LogP contribution in [0.4, 0.5) is 13.2 Å². The summed E-state index contributed by atoms with van der Waals surface area (Å²) in [5.41, 5.74) is 0. The zero-order chi connectivity index (χ0) is 16.3. The standard InChI is InChI=1S/C11H12F3NO5S/c1-2-15(7-10(16)17)21(18,19)9-5-3-4-8(6-9)20-11(12,13)14/h3-6H,2,7H2,1H3,(H,16,17). The van der Waals surface area contributed by atoms with E-state index in [0.717, 1.165) is 18.2 Å². The van der Waals surface area contributed by atoms with Crippen molar-refractivity contribution in [1.29, 1.82) is 0 Å². The predicted molar refractivity (Wildman–Crippen MR) is 65.2 cm³/mol. The van der Waals surface area contributed by atoms with Crippen molar-refractivity contribution >= 4 is 16.0 Å². The first-order valence-corrected chi connectivity index (χ1v) is 7.08. The maximum absolute atomic E-state index is 12.1. The van der Waals surface area contributed by atoms with Crippen LogP contribution < -0.4 is 4.74 Å². The van der Waals surface area contributed by atoms with E-state index >= 15 is 0 Å². The van der Waals surface area contributed by atoms with Crippen LogP contribution in [-0.4, -0.2) is 43.3 Å². The number of ether oxygens (including phenoxy) is 1. The Morgan fingerprint density at radius 1 is 1.38 bits per heavy atom. The average molecular weight is 327 g/mol. The molecule has 0 spiro atoms. The molecule has 0 bridgehead atoms. The fourth-order valence-corrected chi connectivity index (χ4v) is 2.93. The number of halogens is 3. The number of hydrogen-bond acceptors (Lipinski definition) is 4. The Bertz CT molecular complexity index is 615. The van der Waals surface area contributed by atoms with Crippen LogP contribution in [0.3, 0.4) is 0 Å². The zero-order valence-electron chi connectivity index (χ0n) is 10.8. The first-order valence-electron chi connectivity index (χ1n) is 5.64. The van der Waals surface area contributed by atoms with Gasteiger partial charge in [0, 0.05) is 12.6 Å². The van der Waals surface area contributed by atoms with Crippen molar-refractivity contribution in [2.45, 2.75) is 18.2 Å². The number of carboxylic acid groups (broad SMARTS) is 1. The fraction of sp³-hybridized carbons (Fsp3) is 0.364.